The molecule has 0 radical (unpaired) electrons. The summed E-state index contributed by atoms with van der Waals surface area (Å²) in [5.41, 5.74) is 8.93. The fourth-order valence-electron chi connectivity index (χ4n) is 7.32. The minimum Gasteiger partial charge on any atom is -0.310 e. The van der Waals surface area contributed by atoms with Crippen molar-refractivity contribution >= 4 is 70.1 Å². The average molecular weight is 568 g/mol. The monoisotopic (exact) mass is 567 g/mol. The summed E-state index contributed by atoms with van der Waals surface area (Å²) in [6.07, 6.45) is 0. The van der Waals surface area contributed by atoms with Gasteiger partial charge in [0.05, 0.1) is 0 Å². The molecular formula is C41H29NS. The molecule has 7 aromatic carbocycles. The molecule has 1 aromatic heterocycles. The van der Waals surface area contributed by atoms with Crippen LogP contribution < -0.4 is 4.90 Å². The Bertz CT molecular complexity index is 2380. The van der Waals surface area contributed by atoms with Crippen LogP contribution in [0.2, 0.25) is 0 Å². The number of benzene rings is 7. The van der Waals surface area contributed by atoms with Crippen LogP contribution in [0.5, 0.6) is 0 Å². The van der Waals surface area contributed by atoms with Crippen molar-refractivity contribution in [2.24, 2.45) is 0 Å². The topological polar surface area (TPSA) is 3.24 Å². The maximum Gasteiger partial charge on any atom is 0.0468 e. The molecule has 0 amide bonds. The van der Waals surface area contributed by atoms with Gasteiger partial charge >= 0.3 is 0 Å². The molecule has 1 nitrogen and oxygen atoms in total. The van der Waals surface area contributed by atoms with Gasteiger partial charge in [-0.15, -0.1) is 11.3 Å². The van der Waals surface area contributed by atoms with Crippen molar-refractivity contribution in [2.75, 3.05) is 4.90 Å². The Labute approximate surface area is 255 Å². The van der Waals surface area contributed by atoms with Gasteiger partial charge in [-0.05, 0) is 80.9 Å². The lowest BCUT2D eigenvalue weighted by molar-refractivity contribution is 0.660. The van der Waals surface area contributed by atoms with Gasteiger partial charge in [0.15, 0.2) is 0 Å². The maximum absolute atomic E-state index is 2.41. The maximum atomic E-state index is 2.41. The van der Waals surface area contributed by atoms with Crippen LogP contribution in [0.4, 0.5) is 17.1 Å². The fraction of sp³-hybridized carbons (Fsp3) is 0.0732. The normalized spacial score (nSPS) is 13.5. The van der Waals surface area contributed by atoms with Crippen LogP contribution in [0.15, 0.2) is 140 Å². The Balaban J connectivity index is 1.31. The minimum atomic E-state index is -0.0144. The van der Waals surface area contributed by atoms with Crippen molar-refractivity contribution in [3.63, 3.8) is 0 Å². The molecule has 1 aliphatic rings. The van der Waals surface area contributed by atoms with Crippen LogP contribution in [0.1, 0.15) is 25.0 Å². The molecule has 0 saturated heterocycles. The van der Waals surface area contributed by atoms with E-state index in [1.54, 1.807) is 0 Å². The molecule has 2 heteroatoms. The number of thiophene rings is 1. The largest absolute Gasteiger partial charge is 0.310 e. The van der Waals surface area contributed by atoms with Crippen molar-refractivity contribution in [1.82, 2.24) is 0 Å². The molecule has 0 bridgehead atoms. The molecule has 0 spiro atoms. The molecule has 0 fully saturated rings. The van der Waals surface area contributed by atoms with E-state index in [9.17, 15) is 0 Å². The van der Waals surface area contributed by atoms with E-state index in [2.05, 4.69) is 158 Å². The van der Waals surface area contributed by atoms with Gasteiger partial charge in [0.1, 0.15) is 0 Å². The highest BCUT2D eigenvalue weighted by Crippen LogP contribution is 2.51. The van der Waals surface area contributed by atoms with Gasteiger partial charge < -0.3 is 4.90 Å². The minimum absolute atomic E-state index is 0.0144. The third-order valence-corrected chi connectivity index (χ3v) is 10.6. The smallest absolute Gasteiger partial charge is 0.0468 e. The van der Waals surface area contributed by atoms with E-state index in [-0.39, 0.29) is 5.41 Å². The average Bonchev–Trinajstić information content (AvgIpc) is 3.54. The Morgan fingerprint density at radius 1 is 0.488 bits per heavy atom. The molecule has 8 aromatic rings. The van der Waals surface area contributed by atoms with Crippen LogP contribution in [0.3, 0.4) is 0 Å². The predicted octanol–water partition coefficient (Wildman–Crippen LogP) is 12.1. The number of anilines is 3. The molecule has 9 rings (SSSR count). The van der Waals surface area contributed by atoms with E-state index in [0.29, 0.717) is 0 Å². The first kappa shape index (κ1) is 24.7. The highest BCUT2D eigenvalue weighted by atomic mass is 32.1. The van der Waals surface area contributed by atoms with Crippen LogP contribution in [-0.2, 0) is 5.41 Å². The summed E-state index contributed by atoms with van der Waals surface area (Å²) in [5, 5.41) is 7.86. The number of hydrogen-bond donors (Lipinski definition) is 0. The lowest BCUT2D eigenvalue weighted by Crippen LogP contribution is -2.15. The SMILES string of the molecule is CC1(C)c2ccccc2-c2cc(N(c3ccccc3)c3ccc4ccc5ccc6c7ccccc7sc6c5c4c3)ccc21. The van der Waals surface area contributed by atoms with E-state index in [1.807, 2.05) is 11.3 Å². The summed E-state index contributed by atoms with van der Waals surface area (Å²) in [6, 6.07) is 51.6. The van der Waals surface area contributed by atoms with Gasteiger partial charge in [0.2, 0.25) is 0 Å². The Hall–Kier alpha value is -4.92. The second-order valence-electron chi connectivity index (χ2n) is 12.2. The summed E-state index contributed by atoms with van der Waals surface area (Å²) >= 11 is 1.91. The van der Waals surface area contributed by atoms with E-state index in [1.165, 1.54) is 69.7 Å². The van der Waals surface area contributed by atoms with Gasteiger partial charge in [-0.2, -0.15) is 0 Å². The first-order valence-corrected chi connectivity index (χ1v) is 15.8. The quantitative estimate of drug-likeness (QED) is 0.192. The van der Waals surface area contributed by atoms with Crippen LogP contribution >= 0.6 is 11.3 Å². The van der Waals surface area contributed by atoms with Crippen molar-refractivity contribution in [1.29, 1.82) is 0 Å². The number of hydrogen-bond acceptors (Lipinski definition) is 2. The number of para-hydroxylation sites is 1. The number of nitrogens with zero attached hydrogens (tertiary/aromatic N) is 1. The summed E-state index contributed by atoms with van der Waals surface area (Å²) in [7, 11) is 0. The van der Waals surface area contributed by atoms with E-state index in [4.69, 9.17) is 0 Å². The highest BCUT2D eigenvalue weighted by molar-refractivity contribution is 7.26. The van der Waals surface area contributed by atoms with Gasteiger partial charge in [-0.1, -0.05) is 111 Å². The van der Waals surface area contributed by atoms with E-state index >= 15 is 0 Å². The third kappa shape index (κ3) is 3.57. The highest BCUT2D eigenvalue weighted by Gasteiger charge is 2.35. The summed E-state index contributed by atoms with van der Waals surface area (Å²) in [6.45, 7) is 4.69. The van der Waals surface area contributed by atoms with Crippen molar-refractivity contribution in [3.8, 4) is 11.1 Å². The first-order valence-electron chi connectivity index (χ1n) is 14.9. The predicted molar refractivity (Wildman–Crippen MR) is 187 cm³/mol. The molecular weight excluding hydrogens is 539 g/mol. The van der Waals surface area contributed by atoms with Gasteiger partial charge in [0, 0.05) is 48.0 Å². The molecule has 0 unspecified atom stereocenters. The van der Waals surface area contributed by atoms with Gasteiger partial charge in [-0.3, -0.25) is 0 Å². The summed E-state index contributed by atoms with van der Waals surface area (Å²) < 4.78 is 2.70. The summed E-state index contributed by atoms with van der Waals surface area (Å²) in [4.78, 5) is 2.41. The third-order valence-electron chi connectivity index (χ3n) is 9.43. The van der Waals surface area contributed by atoms with Crippen molar-refractivity contribution < 1.29 is 0 Å². The second-order valence-corrected chi connectivity index (χ2v) is 13.2. The zero-order valence-electron chi connectivity index (χ0n) is 24.1. The van der Waals surface area contributed by atoms with E-state index in [0.717, 1.165) is 11.4 Å². The number of fused-ring (bicyclic) bond motifs is 10. The van der Waals surface area contributed by atoms with Gasteiger partial charge in [0.25, 0.3) is 0 Å². The zero-order chi connectivity index (χ0) is 28.7. The molecule has 0 aliphatic heterocycles. The molecule has 0 saturated carbocycles. The first-order chi connectivity index (χ1) is 21.1. The lowest BCUT2D eigenvalue weighted by atomic mass is 9.82. The summed E-state index contributed by atoms with van der Waals surface area (Å²) in [5.74, 6) is 0. The van der Waals surface area contributed by atoms with Crippen molar-refractivity contribution in [2.45, 2.75) is 19.3 Å². The molecule has 1 aliphatic carbocycles. The Morgan fingerprint density at radius 2 is 1.16 bits per heavy atom. The fourth-order valence-corrected chi connectivity index (χ4v) is 8.59. The van der Waals surface area contributed by atoms with Crippen LogP contribution in [0.25, 0.3) is 52.8 Å². The number of rotatable bonds is 3. The molecule has 1 heterocycles. The van der Waals surface area contributed by atoms with Crippen molar-refractivity contribution in [3.05, 3.63) is 151 Å². The Kier molecular flexibility index (Phi) is 5.18. The lowest BCUT2D eigenvalue weighted by Gasteiger charge is -2.27. The molecule has 0 atom stereocenters. The van der Waals surface area contributed by atoms with Crippen LogP contribution in [-0.4, -0.2) is 0 Å². The molecule has 43 heavy (non-hydrogen) atoms. The van der Waals surface area contributed by atoms with E-state index < -0.39 is 0 Å². The van der Waals surface area contributed by atoms with Crippen LogP contribution in [0, 0.1) is 0 Å². The molecule has 0 N–H and O–H groups in total. The van der Waals surface area contributed by atoms with Gasteiger partial charge in [-0.25, -0.2) is 0 Å². The zero-order valence-corrected chi connectivity index (χ0v) is 25.0. The second kappa shape index (κ2) is 9.04. The molecule has 204 valence electrons. The standard InChI is InChI=1S/C41H29NS/c1-41(2)36-14-8-6-12-31(36)35-25-30(21-23-37(35)41)42(28-10-4-3-5-11-28)29-20-18-26-16-17-27-19-22-33-32-13-7-9-15-38(32)43-40(33)39(27)34(26)24-29/h3-25H,1-2H3. The Morgan fingerprint density at radius 3 is 2.07 bits per heavy atom.